The molecule has 1 aliphatic rings. The number of ether oxygens (including phenoxy) is 2. The van der Waals surface area contributed by atoms with E-state index in [4.69, 9.17) is 9.47 Å². The Hall–Kier alpha value is -0.940. The van der Waals surface area contributed by atoms with E-state index in [0.29, 0.717) is 19.6 Å². The Morgan fingerprint density at radius 2 is 2.13 bits per heavy atom. The van der Waals surface area contributed by atoms with E-state index in [2.05, 4.69) is 0 Å². The highest BCUT2D eigenvalue weighted by Gasteiger charge is 2.32. The third-order valence-electron chi connectivity index (χ3n) is 2.50. The molecular formula is C10H17NO4. The van der Waals surface area contributed by atoms with Crippen LogP contribution in [0, 0.1) is 16.0 Å². The lowest BCUT2D eigenvalue weighted by Gasteiger charge is -2.16. The number of hydrogen-bond donors (Lipinski definition) is 0. The van der Waals surface area contributed by atoms with Gasteiger partial charge in [0.05, 0.1) is 19.6 Å². The molecular weight excluding hydrogens is 198 g/mol. The van der Waals surface area contributed by atoms with Crippen LogP contribution < -0.4 is 0 Å². The van der Waals surface area contributed by atoms with E-state index in [1.54, 1.807) is 0 Å². The topological polar surface area (TPSA) is 61.6 Å². The molecule has 0 aliphatic carbocycles. The molecule has 0 aromatic rings. The predicted octanol–water partition coefficient (Wildman–Crippen LogP) is 1.61. The highest BCUT2D eigenvalue weighted by molar-refractivity contribution is 4.87. The van der Waals surface area contributed by atoms with Gasteiger partial charge in [0.2, 0.25) is 6.04 Å². The Morgan fingerprint density at radius 1 is 1.53 bits per heavy atom. The van der Waals surface area contributed by atoms with Crippen molar-refractivity contribution in [3.8, 4) is 0 Å². The van der Waals surface area contributed by atoms with Crippen molar-refractivity contribution in [1.82, 2.24) is 0 Å². The van der Waals surface area contributed by atoms with Crippen LogP contribution in [0.5, 0.6) is 0 Å². The molecule has 1 aliphatic heterocycles. The van der Waals surface area contributed by atoms with Crippen molar-refractivity contribution in [3.63, 3.8) is 0 Å². The smallest absolute Gasteiger partial charge is 0.223 e. The molecule has 86 valence electrons. The second-order valence-corrected chi connectivity index (χ2v) is 3.64. The Balaban J connectivity index is 2.52. The molecule has 1 heterocycles. The minimum atomic E-state index is -0.635. The van der Waals surface area contributed by atoms with Crippen LogP contribution in [0.4, 0.5) is 0 Å². The molecule has 0 saturated carbocycles. The SMILES string of the molecule is C/C=C/[C@H](C)[C@H](CC1OCCO1)[N+](=O)[O-]. The summed E-state index contributed by atoms with van der Waals surface area (Å²) in [4.78, 5) is 10.6. The number of hydrogen-bond acceptors (Lipinski definition) is 4. The number of allylic oxidation sites excluding steroid dienone is 1. The summed E-state index contributed by atoms with van der Waals surface area (Å²) < 4.78 is 10.4. The van der Waals surface area contributed by atoms with E-state index < -0.39 is 12.3 Å². The molecule has 0 aromatic carbocycles. The molecule has 15 heavy (non-hydrogen) atoms. The Bertz CT molecular complexity index is 236. The quantitative estimate of drug-likeness (QED) is 0.397. The Morgan fingerprint density at radius 3 is 2.60 bits per heavy atom. The molecule has 0 aromatic heterocycles. The average molecular weight is 215 g/mol. The van der Waals surface area contributed by atoms with Gasteiger partial charge in [-0.2, -0.15) is 0 Å². The van der Waals surface area contributed by atoms with E-state index in [1.807, 2.05) is 26.0 Å². The zero-order valence-corrected chi connectivity index (χ0v) is 9.09. The predicted molar refractivity (Wildman–Crippen MR) is 55.1 cm³/mol. The lowest BCUT2D eigenvalue weighted by atomic mass is 9.99. The summed E-state index contributed by atoms with van der Waals surface area (Å²) >= 11 is 0. The minimum Gasteiger partial charge on any atom is -0.350 e. The van der Waals surface area contributed by atoms with E-state index >= 15 is 0 Å². The van der Waals surface area contributed by atoms with Gasteiger partial charge in [-0.15, -0.1) is 0 Å². The molecule has 0 amide bonds. The standard InChI is InChI=1S/C10H17NO4/c1-3-4-8(2)9(11(12)13)7-10-14-5-6-15-10/h3-4,8-10H,5-7H2,1-2H3/b4-3+/t8-,9-/m0/s1. The Labute approximate surface area is 89.2 Å². The van der Waals surface area contributed by atoms with Crippen LogP contribution >= 0.6 is 0 Å². The summed E-state index contributed by atoms with van der Waals surface area (Å²) in [6, 6.07) is -0.635. The van der Waals surface area contributed by atoms with Crippen molar-refractivity contribution in [3.05, 3.63) is 22.3 Å². The van der Waals surface area contributed by atoms with Crippen molar-refractivity contribution in [2.75, 3.05) is 13.2 Å². The zero-order chi connectivity index (χ0) is 11.3. The van der Waals surface area contributed by atoms with Crippen LogP contribution in [0.15, 0.2) is 12.2 Å². The molecule has 0 spiro atoms. The third-order valence-corrected chi connectivity index (χ3v) is 2.50. The number of nitro groups is 1. The van der Waals surface area contributed by atoms with Crippen molar-refractivity contribution >= 4 is 0 Å². The van der Waals surface area contributed by atoms with Crippen LogP contribution in [0.3, 0.4) is 0 Å². The summed E-state index contributed by atoms with van der Waals surface area (Å²) in [5, 5.41) is 10.9. The van der Waals surface area contributed by atoms with Crippen LogP contribution in [0.25, 0.3) is 0 Å². The molecule has 1 fully saturated rings. The van der Waals surface area contributed by atoms with Crippen molar-refractivity contribution in [1.29, 1.82) is 0 Å². The van der Waals surface area contributed by atoms with Crippen LogP contribution in [0.1, 0.15) is 20.3 Å². The average Bonchev–Trinajstić information content (AvgIpc) is 2.66. The van der Waals surface area contributed by atoms with Gasteiger partial charge in [-0.25, -0.2) is 0 Å². The summed E-state index contributed by atoms with van der Waals surface area (Å²) in [6.45, 7) is 4.76. The molecule has 0 N–H and O–H groups in total. The van der Waals surface area contributed by atoms with Gasteiger partial charge in [-0.3, -0.25) is 10.1 Å². The van der Waals surface area contributed by atoms with Gasteiger partial charge in [-0.1, -0.05) is 19.1 Å². The van der Waals surface area contributed by atoms with Crippen molar-refractivity contribution in [2.24, 2.45) is 5.92 Å². The maximum Gasteiger partial charge on any atom is 0.223 e. The fraction of sp³-hybridized carbons (Fsp3) is 0.800. The summed E-state index contributed by atoms with van der Waals surface area (Å²) in [5.74, 6) is -0.0993. The summed E-state index contributed by atoms with van der Waals surface area (Å²) in [5.41, 5.74) is 0. The monoisotopic (exact) mass is 215 g/mol. The summed E-state index contributed by atoms with van der Waals surface area (Å²) in [7, 11) is 0. The molecule has 5 nitrogen and oxygen atoms in total. The van der Waals surface area contributed by atoms with Gasteiger partial charge in [-0.05, 0) is 6.92 Å². The summed E-state index contributed by atoms with van der Waals surface area (Å²) in [6.07, 6.45) is 3.58. The van der Waals surface area contributed by atoms with Gasteiger partial charge in [0.1, 0.15) is 0 Å². The highest BCUT2D eigenvalue weighted by Crippen LogP contribution is 2.18. The third kappa shape index (κ3) is 3.60. The normalized spacial score (nSPS) is 22.0. The molecule has 0 radical (unpaired) electrons. The van der Waals surface area contributed by atoms with Gasteiger partial charge >= 0.3 is 0 Å². The van der Waals surface area contributed by atoms with Gasteiger partial charge in [0.25, 0.3) is 0 Å². The first-order chi connectivity index (χ1) is 7.15. The molecule has 2 atom stereocenters. The second kappa shape index (κ2) is 5.82. The lowest BCUT2D eigenvalue weighted by Crippen LogP contribution is -2.31. The first kappa shape index (κ1) is 12.1. The molecule has 1 saturated heterocycles. The first-order valence-electron chi connectivity index (χ1n) is 5.14. The van der Waals surface area contributed by atoms with Crippen LogP contribution in [-0.4, -0.2) is 30.5 Å². The van der Waals surface area contributed by atoms with E-state index in [9.17, 15) is 10.1 Å². The molecule has 1 rings (SSSR count). The first-order valence-corrected chi connectivity index (χ1v) is 5.14. The molecule has 0 unspecified atom stereocenters. The molecule has 0 bridgehead atoms. The van der Waals surface area contributed by atoms with Gasteiger partial charge in [0.15, 0.2) is 6.29 Å². The lowest BCUT2D eigenvalue weighted by molar-refractivity contribution is -0.533. The van der Waals surface area contributed by atoms with E-state index in [-0.39, 0.29) is 10.8 Å². The zero-order valence-electron chi connectivity index (χ0n) is 9.09. The molecule has 5 heteroatoms. The van der Waals surface area contributed by atoms with Crippen molar-refractivity contribution < 1.29 is 14.4 Å². The minimum absolute atomic E-state index is 0.0993. The largest absolute Gasteiger partial charge is 0.350 e. The van der Waals surface area contributed by atoms with Crippen LogP contribution in [0.2, 0.25) is 0 Å². The second-order valence-electron chi connectivity index (χ2n) is 3.64. The van der Waals surface area contributed by atoms with Gasteiger partial charge in [0, 0.05) is 10.8 Å². The van der Waals surface area contributed by atoms with Crippen molar-refractivity contribution in [2.45, 2.75) is 32.6 Å². The maximum absolute atomic E-state index is 10.9. The number of nitrogens with zero attached hydrogens (tertiary/aromatic N) is 1. The Kier molecular flexibility index (Phi) is 4.71. The fourth-order valence-electron chi connectivity index (χ4n) is 1.67. The van der Waals surface area contributed by atoms with Crippen LogP contribution in [-0.2, 0) is 9.47 Å². The highest BCUT2D eigenvalue weighted by atomic mass is 16.7. The van der Waals surface area contributed by atoms with E-state index in [1.165, 1.54) is 0 Å². The van der Waals surface area contributed by atoms with Gasteiger partial charge < -0.3 is 9.47 Å². The maximum atomic E-state index is 10.9. The fourth-order valence-corrected chi connectivity index (χ4v) is 1.67. The number of rotatable bonds is 5. The van der Waals surface area contributed by atoms with E-state index in [0.717, 1.165) is 0 Å².